The monoisotopic (exact) mass is 348 g/mol. The summed E-state index contributed by atoms with van der Waals surface area (Å²) in [5, 5.41) is 6.30. The van der Waals surface area contributed by atoms with E-state index >= 15 is 0 Å². The number of halogens is 3. The lowest BCUT2D eigenvalue weighted by Crippen LogP contribution is -2.35. The van der Waals surface area contributed by atoms with Crippen LogP contribution in [0.5, 0.6) is 0 Å². The molecule has 1 aliphatic heterocycles. The quantitative estimate of drug-likeness (QED) is 0.832. The molecular formula is C19H19F3N2O. The normalized spacial score (nSPS) is 17.8. The molecule has 0 saturated carbocycles. The Morgan fingerprint density at radius 2 is 1.64 bits per heavy atom. The van der Waals surface area contributed by atoms with E-state index in [1.54, 1.807) is 24.3 Å². The maximum Gasteiger partial charge on any atom is 0.251 e. The number of amides is 1. The predicted octanol–water partition coefficient (Wildman–Crippen LogP) is 3.64. The summed E-state index contributed by atoms with van der Waals surface area (Å²) in [4.78, 5) is 12.3. The van der Waals surface area contributed by atoms with Gasteiger partial charge in [0.05, 0.1) is 0 Å². The fraction of sp³-hybridized carbons (Fsp3) is 0.316. The highest BCUT2D eigenvalue weighted by molar-refractivity contribution is 5.94. The van der Waals surface area contributed by atoms with Gasteiger partial charge in [-0.15, -0.1) is 0 Å². The van der Waals surface area contributed by atoms with Gasteiger partial charge in [-0.05, 0) is 67.7 Å². The molecule has 25 heavy (non-hydrogen) atoms. The van der Waals surface area contributed by atoms with E-state index in [4.69, 9.17) is 0 Å². The van der Waals surface area contributed by atoms with Gasteiger partial charge in [0.2, 0.25) is 0 Å². The van der Waals surface area contributed by atoms with Crippen LogP contribution in [0.4, 0.5) is 13.2 Å². The number of hydrogen-bond acceptors (Lipinski definition) is 2. The molecule has 1 saturated heterocycles. The minimum atomic E-state index is -1.49. The number of carbonyl (C=O) groups excluding carboxylic acids is 1. The molecule has 1 heterocycles. The van der Waals surface area contributed by atoms with Crippen LogP contribution >= 0.6 is 0 Å². The molecule has 1 amide bonds. The first-order valence-electron chi connectivity index (χ1n) is 8.31. The largest absolute Gasteiger partial charge is 0.349 e. The van der Waals surface area contributed by atoms with Crippen molar-refractivity contribution in [3.8, 4) is 11.1 Å². The van der Waals surface area contributed by atoms with E-state index in [2.05, 4.69) is 10.6 Å². The molecule has 3 rings (SSSR count). The highest BCUT2D eigenvalue weighted by atomic mass is 19.2. The van der Waals surface area contributed by atoms with Crippen molar-refractivity contribution in [2.45, 2.75) is 25.3 Å². The lowest BCUT2D eigenvalue weighted by molar-refractivity contribution is 0.0934. The van der Waals surface area contributed by atoms with E-state index in [-0.39, 0.29) is 17.5 Å². The van der Waals surface area contributed by atoms with Crippen LogP contribution < -0.4 is 10.6 Å². The Bertz CT molecular complexity index is 731. The van der Waals surface area contributed by atoms with Crippen molar-refractivity contribution in [1.29, 1.82) is 0 Å². The number of nitrogens with one attached hydrogen (secondary N) is 2. The van der Waals surface area contributed by atoms with Crippen LogP contribution in [0.2, 0.25) is 0 Å². The van der Waals surface area contributed by atoms with E-state index in [1.165, 1.54) is 0 Å². The third-order valence-corrected chi connectivity index (χ3v) is 4.38. The smallest absolute Gasteiger partial charge is 0.251 e. The SMILES string of the molecule is O=C(NC1CCCNCC1)c1ccc(-c2cc(F)c(F)c(F)c2)cc1. The molecule has 0 radical (unpaired) electrons. The fourth-order valence-electron chi connectivity index (χ4n) is 2.97. The average Bonchev–Trinajstić information content (AvgIpc) is 2.88. The first kappa shape index (κ1) is 17.5. The van der Waals surface area contributed by atoms with Gasteiger partial charge >= 0.3 is 0 Å². The van der Waals surface area contributed by atoms with Gasteiger partial charge in [-0.25, -0.2) is 13.2 Å². The van der Waals surface area contributed by atoms with Gasteiger partial charge in [0, 0.05) is 11.6 Å². The first-order valence-corrected chi connectivity index (χ1v) is 8.31. The molecule has 1 atom stereocenters. The van der Waals surface area contributed by atoms with E-state index in [9.17, 15) is 18.0 Å². The summed E-state index contributed by atoms with van der Waals surface area (Å²) >= 11 is 0. The Hall–Kier alpha value is -2.34. The molecule has 1 aliphatic rings. The maximum absolute atomic E-state index is 13.3. The van der Waals surface area contributed by atoms with Crippen LogP contribution in [0.1, 0.15) is 29.6 Å². The molecule has 132 valence electrons. The van der Waals surface area contributed by atoms with Crippen molar-refractivity contribution in [3.63, 3.8) is 0 Å². The van der Waals surface area contributed by atoms with Crippen LogP contribution in [0.25, 0.3) is 11.1 Å². The van der Waals surface area contributed by atoms with Gasteiger partial charge in [-0.1, -0.05) is 12.1 Å². The minimum absolute atomic E-state index is 0.141. The summed E-state index contributed by atoms with van der Waals surface area (Å²) in [5.74, 6) is -4.13. The van der Waals surface area contributed by atoms with E-state index in [0.717, 1.165) is 44.5 Å². The second-order valence-corrected chi connectivity index (χ2v) is 6.18. The van der Waals surface area contributed by atoms with Crippen molar-refractivity contribution in [1.82, 2.24) is 10.6 Å². The van der Waals surface area contributed by atoms with E-state index in [0.29, 0.717) is 11.1 Å². The van der Waals surface area contributed by atoms with Gasteiger partial charge in [-0.3, -0.25) is 4.79 Å². The molecule has 3 nitrogen and oxygen atoms in total. The summed E-state index contributed by atoms with van der Waals surface area (Å²) in [6.07, 6.45) is 2.84. The Morgan fingerprint density at radius 3 is 2.32 bits per heavy atom. The minimum Gasteiger partial charge on any atom is -0.349 e. The Balaban J connectivity index is 1.72. The summed E-state index contributed by atoms with van der Waals surface area (Å²) in [7, 11) is 0. The van der Waals surface area contributed by atoms with Crippen molar-refractivity contribution >= 4 is 5.91 Å². The third-order valence-electron chi connectivity index (χ3n) is 4.38. The molecule has 6 heteroatoms. The molecular weight excluding hydrogens is 329 g/mol. The molecule has 0 spiro atoms. The van der Waals surface area contributed by atoms with Crippen LogP contribution in [0.15, 0.2) is 36.4 Å². The summed E-state index contributed by atoms with van der Waals surface area (Å²) in [6.45, 7) is 1.84. The third kappa shape index (κ3) is 4.20. The van der Waals surface area contributed by atoms with Crippen molar-refractivity contribution in [3.05, 3.63) is 59.4 Å². The molecule has 0 aliphatic carbocycles. The Kier molecular flexibility index (Phi) is 5.38. The average molecular weight is 348 g/mol. The van der Waals surface area contributed by atoms with Gasteiger partial charge < -0.3 is 10.6 Å². The zero-order chi connectivity index (χ0) is 17.8. The maximum atomic E-state index is 13.3. The lowest BCUT2D eigenvalue weighted by atomic mass is 10.0. The van der Waals surface area contributed by atoms with Crippen LogP contribution in [-0.2, 0) is 0 Å². The highest BCUT2D eigenvalue weighted by Gasteiger charge is 2.16. The highest BCUT2D eigenvalue weighted by Crippen LogP contribution is 2.24. The van der Waals surface area contributed by atoms with Gasteiger partial charge in [-0.2, -0.15) is 0 Å². The Morgan fingerprint density at radius 1 is 0.960 bits per heavy atom. The molecule has 1 unspecified atom stereocenters. The first-order chi connectivity index (χ1) is 12.0. The van der Waals surface area contributed by atoms with E-state index < -0.39 is 17.5 Å². The van der Waals surface area contributed by atoms with Crippen LogP contribution in [0, 0.1) is 17.5 Å². The molecule has 0 aromatic heterocycles. The van der Waals surface area contributed by atoms with Gasteiger partial charge in [0.25, 0.3) is 5.91 Å². The second kappa shape index (κ2) is 7.70. The summed E-state index contributed by atoms with van der Waals surface area (Å²) < 4.78 is 39.7. The second-order valence-electron chi connectivity index (χ2n) is 6.18. The number of rotatable bonds is 3. The molecule has 2 aromatic rings. The summed E-state index contributed by atoms with van der Waals surface area (Å²) in [6, 6.07) is 8.39. The number of carbonyl (C=O) groups is 1. The van der Waals surface area contributed by atoms with Crippen LogP contribution in [0.3, 0.4) is 0 Å². The van der Waals surface area contributed by atoms with E-state index in [1.807, 2.05) is 0 Å². The van der Waals surface area contributed by atoms with Crippen molar-refractivity contribution in [2.75, 3.05) is 13.1 Å². The standard InChI is InChI=1S/C19H19F3N2O/c20-16-10-14(11-17(21)18(16)22)12-3-5-13(6-4-12)19(25)24-15-2-1-8-23-9-7-15/h3-6,10-11,15,23H,1-2,7-9H2,(H,24,25). The molecule has 2 aromatic carbocycles. The van der Waals surface area contributed by atoms with Gasteiger partial charge in [0.15, 0.2) is 17.5 Å². The number of benzene rings is 2. The predicted molar refractivity (Wildman–Crippen MR) is 89.7 cm³/mol. The lowest BCUT2D eigenvalue weighted by Gasteiger charge is -2.16. The van der Waals surface area contributed by atoms with Gasteiger partial charge in [0.1, 0.15) is 0 Å². The number of hydrogen-bond donors (Lipinski definition) is 2. The molecule has 2 N–H and O–H groups in total. The zero-order valence-corrected chi connectivity index (χ0v) is 13.6. The Labute approximate surface area is 144 Å². The van der Waals surface area contributed by atoms with Crippen molar-refractivity contribution < 1.29 is 18.0 Å². The fourth-order valence-corrected chi connectivity index (χ4v) is 2.97. The molecule has 1 fully saturated rings. The molecule has 0 bridgehead atoms. The zero-order valence-electron chi connectivity index (χ0n) is 13.6. The topological polar surface area (TPSA) is 41.1 Å². The van der Waals surface area contributed by atoms with Crippen LogP contribution in [-0.4, -0.2) is 25.0 Å². The summed E-state index contributed by atoms with van der Waals surface area (Å²) in [5.41, 5.74) is 1.20. The van der Waals surface area contributed by atoms with Crippen molar-refractivity contribution in [2.24, 2.45) is 0 Å².